The number of rotatable bonds is 7. The number of sulfonamides is 1. The molecule has 0 radical (unpaired) electrons. The molecule has 0 saturated carbocycles. The number of alkyl halides is 1. The molecule has 0 aliphatic heterocycles. The molecule has 1 N–H and O–H groups in total. The molecule has 102 valence electrons. The summed E-state index contributed by atoms with van der Waals surface area (Å²) < 4.78 is 26.4. The van der Waals surface area contributed by atoms with E-state index in [1.165, 1.54) is 0 Å². The first-order chi connectivity index (χ1) is 8.44. The first kappa shape index (κ1) is 15.4. The zero-order chi connectivity index (χ0) is 13.6. The van der Waals surface area contributed by atoms with Crippen molar-refractivity contribution in [1.82, 2.24) is 9.71 Å². The highest BCUT2D eigenvalue weighted by Crippen LogP contribution is 2.07. The van der Waals surface area contributed by atoms with Gasteiger partial charge in [-0.1, -0.05) is 13.8 Å². The van der Waals surface area contributed by atoms with Crippen LogP contribution in [0.15, 0.2) is 24.5 Å². The fourth-order valence-electron chi connectivity index (χ4n) is 1.44. The third-order valence-electron chi connectivity index (χ3n) is 2.71. The van der Waals surface area contributed by atoms with Gasteiger partial charge in [-0.2, -0.15) is 0 Å². The second kappa shape index (κ2) is 7.07. The van der Waals surface area contributed by atoms with E-state index in [1.54, 1.807) is 12.4 Å². The van der Waals surface area contributed by atoms with Crippen LogP contribution >= 0.6 is 11.6 Å². The summed E-state index contributed by atoms with van der Waals surface area (Å²) in [5.74, 6) is 0.529. The van der Waals surface area contributed by atoms with Crippen molar-refractivity contribution in [3.8, 4) is 0 Å². The lowest BCUT2D eigenvalue weighted by Gasteiger charge is -2.19. The van der Waals surface area contributed by atoms with Crippen LogP contribution in [0, 0.1) is 5.92 Å². The number of halogens is 1. The summed E-state index contributed by atoms with van der Waals surface area (Å²) in [7, 11) is -3.29. The summed E-state index contributed by atoms with van der Waals surface area (Å²) in [4.78, 5) is 3.89. The summed E-state index contributed by atoms with van der Waals surface area (Å²) >= 11 is 5.75. The molecule has 0 fully saturated rings. The minimum atomic E-state index is -3.29. The van der Waals surface area contributed by atoms with Crippen molar-refractivity contribution in [3.05, 3.63) is 30.1 Å². The molecule has 4 nitrogen and oxygen atoms in total. The van der Waals surface area contributed by atoms with Crippen LogP contribution in [0.1, 0.15) is 19.4 Å². The maximum absolute atomic E-state index is 11.9. The van der Waals surface area contributed by atoms with Gasteiger partial charge in [0.25, 0.3) is 0 Å². The SMILES string of the molecule is CC(C)C(CCl)NS(=O)(=O)CCc1ccncc1. The van der Waals surface area contributed by atoms with Gasteiger partial charge in [-0.15, -0.1) is 11.6 Å². The molecule has 0 spiro atoms. The zero-order valence-corrected chi connectivity index (χ0v) is 12.2. The highest BCUT2D eigenvalue weighted by molar-refractivity contribution is 7.89. The second-order valence-electron chi connectivity index (χ2n) is 4.55. The van der Waals surface area contributed by atoms with Gasteiger partial charge in [0.2, 0.25) is 10.0 Å². The molecule has 0 saturated heterocycles. The van der Waals surface area contributed by atoms with Crippen molar-refractivity contribution in [2.24, 2.45) is 5.92 Å². The molecule has 6 heteroatoms. The van der Waals surface area contributed by atoms with Gasteiger partial charge in [-0.25, -0.2) is 13.1 Å². The van der Waals surface area contributed by atoms with Gasteiger partial charge < -0.3 is 0 Å². The normalized spacial score (nSPS) is 13.8. The summed E-state index contributed by atoms with van der Waals surface area (Å²) in [5, 5.41) is 0. The van der Waals surface area contributed by atoms with Crippen LogP contribution in [0.25, 0.3) is 0 Å². The molecule has 0 aliphatic carbocycles. The Morgan fingerprint density at radius 2 is 1.94 bits per heavy atom. The van der Waals surface area contributed by atoms with Gasteiger partial charge in [-0.05, 0) is 30.0 Å². The largest absolute Gasteiger partial charge is 0.265 e. The highest BCUT2D eigenvalue weighted by atomic mass is 35.5. The quantitative estimate of drug-likeness (QED) is 0.779. The van der Waals surface area contributed by atoms with Crippen LogP contribution < -0.4 is 4.72 Å². The van der Waals surface area contributed by atoms with E-state index in [4.69, 9.17) is 11.6 Å². The Hall–Kier alpha value is -0.650. The average molecular weight is 291 g/mol. The maximum Gasteiger partial charge on any atom is 0.212 e. The Morgan fingerprint density at radius 1 is 1.33 bits per heavy atom. The van der Waals surface area contributed by atoms with Crippen LogP contribution in [0.2, 0.25) is 0 Å². The van der Waals surface area contributed by atoms with Crippen LogP contribution in [-0.4, -0.2) is 31.1 Å². The fraction of sp³-hybridized carbons (Fsp3) is 0.583. The number of nitrogens with one attached hydrogen (secondary N) is 1. The lowest BCUT2D eigenvalue weighted by atomic mass is 10.1. The molecule has 0 aliphatic rings. The Bertz CT molecular complexity index is 448. The summed E-state index contributed by atoms with van der Waals surface area (Å²) in [5.41, 5.74) is 0.961. The topological polar surface area (TPSA) is 59.1 Å². The van der Waals surface area contributed by atoms with Gasteiger partial charge >= 0.3 is 0 Å². The lowest BCUT2D eigenvalue weighted by molar-refractivity contribution is 0.480. The predicted octanol–water partition coefficient (Wildman–Crippen LogP) is 1.81. The van der Waals surface area contributed by atoms with E-state index in [9.17, 15) is 8.42 Å². The average Bonchev–Trinajstić information content (AvgIpc) is 2.35. The summed E-state index contributed by atoms with van der Waals surface area (Å²) in [6, 6.07) is 3.42. The van der Waals surface area contributed by atoms with Crippen LogP contribution in [0.4, 0.5) is 0 Å². The number of aromatic nitrogens is 1. The van der Waals surface area contributed by atoms with E-state index >= 15 is 0 Å². The third kappa shape index (κ3) is 5.33. The van der Waals surface area contributed by atoms with Crippen molar-refractivity contribution in [1.29, 1.82) is 0 Å². The third-order valence-corrected chi connectivity index (χ3v) is 4.45. The van der Waals surface area contributed by atoms with Crippen molar-refractivity contribution in [3.63, 3.8) is 0 Å². The summed E-state index contributed by atoms with van der Waals surface area (Å²) in [6.07, 6.45) is 3.79. The van der Waals surface area contributed by atoms with Crippen molar-refractivity contribution in [2.75, 3.05) is 11.6 Å². The molecule has 1 aromatic rings. The van der Waals surface area contributed by atoms with Crippen molar-refractivity contribution in [2.45, 2.75) is 26.3 Å². The van der Waals surface area contributed by atoms with E-state index in [0.717, 1.165) is 5.56 Å². The second-order valence-corrected chi connectivity index (χ2v) is 6.73. The fourth-order valence-corrected chi connectivity index (χ4v) is 3.40. The van der Waals surface area contributed by atoms with E-state index in [2.05, 4.69) is 9.71 Å². The molecule has 0 bridgehead atoms. The molecular formula is C12H19ClN2O2S. The molecule has 0 amide bonds. The van der Waals surface area contributed by atoms with Crippen molar-refractivity contribution >= 4 is 21.6 Å². The minimum Gasteiger partial charge on any atom is -0.265 e. The lowest BCUT2D eigenvalue weighted by Crippen LogP contribution is -2.41. The number of pyridine rings is 1. The predicted molar refractivity (Wildman–Crippen MR) is 74.2 cm³/mol. The number of hydrogen-bond donors (Lipinski definition) is 1. The van der Waals surface area contributed by atoms with Gasteiger partial charge in [0.1, 0.15) is 0 Å². The zero-order valence-electron chi connectivity index (χ0n) is 10.6. The van der Waals surface area contributed by atoms with Crippen molar-refractivity contribution < 1.29 is 8.42 Å². The monoisotopic (exact) mass is 290 g/mol. The molecule has 0 aromatic carbocycles. The number of nitrogens with zero attached hydrogens (tertiary/aromatic N) is 1. The van der Waals surface area contributed by atoms with Gasteiger partial charge in [0.05, 0.1) is 5.75 Å². The Kier molecular flexibility index (Phi) is 6.05. The summed E-state index contributed by atoms with van der Waals surface area (Å²) in [6.45, 7) is 3.89. The highest BCUT2D eigenvalue weighted by Gasteiger charge is 2.19. The minimum absolute atomic E-state index is 0.0666. The molecule has 18 heavy (non-hydrogen) atoms. The standard InChI is InChI=1S/C12H19ClN2O2S/c1-10(2)12(9-13)15-18(16,17)8-5-11-3-6-14-7-4-11/h3-4,6-7,10,12,15H,5,8-9H2,1-2H3. The molecule has 1 aromatic heterocycles. The Labute approximate surface area is 114 Å². The van der Waals surface area contributed by atoms with E-state index in [0.29, 0.717) is 6.42 Å². The van der Waals surface area contributed by atoms with E-state index in [1.807, 2.05) is 26.0 Å². The van der Waals surface area contributed by atoms with Crippen LogP contribution in [0.3, 0.4) is 0 Å². The maximum atomic E-state index is 11.9. The molecule has 1 unspecified atom stereocenters. The molecule has 1 heterocycles. The smallest absolute Gasteiger partial charge is 0.212 e. The molecule has 1 atom stereocenters. The first-order valence-corrected chi connectivity index (χ1v) is 8.08. The van der Waals surface area contributed by atoms with E-state index < -0.39 is 10.0 Å². The Morgan fingerprint density at radius 3 is 2.44 bits per heavy atom. The number of aryl methyl sites for hydroxylation is 1. The molecular weight excluding hydrogens is 272 g/mol. The van der Waals surface area contributed by atoms with Gasteiger partial charge in [-0.3, -0.25) is 4.98 Å². The Balaban J connectivity index is 2.55. The first-order valence-electron chi connectivity index (χ1n) is 5.89. The van der Waals surface area contributed by atoms with E-state index in [-0.39, 0.29) is 23.6 Å². The number of hydrogen-bond acceptors (Lipinski definition) is 3. The molecule has 1 rings (SSSR count). The van der Waals surface area contributed by atoms with Crippen LogP contribution in [0.5, 0.6) is 0 Å². The van der Waals surface area contributed by atoms with Gasteiger partial charge in [0, 0.05) is 24.3 Å². The van der Waals surface area contributed by atoms with Gasteiger partial charge in [0.15, 0.2) is 0 Å². The van der Waals surface area contributed by atoms with Crippen LogP contribution in [-0.2, 0) is 16.4 Å².